The molecule has 0 spiro atoms. The van der Waals surface area contributed by atoms with E-state index in [4.69, 9.17) is 0 Å². The van der Waals surface area contributed by atoms with Crippen molar-refractivity contribution in [2.75, 3.05) is 0 Å². The summed E-state index contributed by atoms with van der Waals surface area (Å²) in [5.41, 5.74) is 3.03. The zero-order valence-corrected chi connectivity index (χ0v) is 21.3. The van der Waals surface area contributed by atoms with E-state index in [-0.39, 0.29) is 0 Å². The molecular weight excluding hydrogens is 360 g/mol. The molecule has 0 N–H and O–H groups in total. The van der Waals surface area contributed by atoms with E-state index in [2.05, 4.69) is 47.6 Å². The van der Waals surface area contributed by atoms with Crippen LogP contribution in [0.15, 0.2) is 11.6 Å². The molecule has 0 aromatic carbocycles. The number of hydrogen-bond acceptors (Lipinski definition) is 0. The van der Waals surface area contributed by atoms with Gasteiger partial charge in [0.15, 0.2) is 0 Å². The molecule has 0 heteroatoms. The Morgan fingerprint density at radius 1 is 0.933 bits per heavy atom. The highest BCUT2D eigenvalue weighted by Gasteiger charge is 2.56. The fraction of sp³-hybridized carbons (Fsp3) is 0.933. The van der Waals surface area contributed by atoms with Gasteiger partial charge in [-0.05, 0) is 104 Å². The minimum absolute atomic E-state index is 0.543. The first-order valence-electron chi connectivity index (χ1n) is 13.9. The maximum Gasteiger partial charge on any atom is -0.00851 e. The van der Waals surface area contributed by atoms with Crippen LogP contribution in [0.4, 0.5) is 0 Å². The number of allylic oxidation sites excluding steroid dienone is 2. The Kier molecular flexibility index (Phi) is 6.83. The standard InChI is InChI=1S/C30H52/c1-21(2)10-9-11-23(4)26-12-7-8-13-27-25-15-14-24-20-22(3)16-18-29(24,5)28(25)17-19-30(26,27)6/h14,21-23,25-28H,7-13,15-20H2,1-6H3. The second kappa shape index (κ2) is 8.94. The van der Waals surface area contributed by atoms with Crippen LogP contribution in [0, 0.1) is 52.3 Å². The highest BCUT2D eigenvalue weighted by Crippen LogP contribution is 2.65. The van der Waals surface area contributed by atoms with Crippen molar-refractivity contribution in [2.24, 2.45) is 52.3 Å². The Hall–Kier alpha value is -0.260. The lowest BCUT2D eigenvalue weighted by atomic mass is 9.44. The van der Waals surface area contributed by atoms with Crippen LogP contribution < -0.4 is 0 Å². The summed E-state index contributed by atoms with van der Waals surface area (Å²) in [6.45, 7) is 15.4. The van der Waals surface area contributed by atoms with Gasteiger partial charge in [0, 0.05) is 0 Å². The maximum absolute atomic E-state index is 2.77. The van der Waals surface area contributed by atoms with E-state index in [0.717, 1.165) is 41.4 Å². The predicted octanol–water partition coefficient (Wildman–Crippen LogP) is 9.44. The third kappa shape index (κ3) is 4.08. The molecule has 0 saturated heterocycles. The Morgan fingerprint density at radius 3 is 2.47 bits per heavy atom. The van der Waals surface area contributed by atoms with Gasteiger partial charge in [0.25, 0.3) is 0 Å². The molecule has 0 heterocycles. The average Bonchev–Trinajstić information content (AvgIpc) is 2.86. The van der Waals surface area contributed by atoms with E-state index < -0.39 is 0 Å². The van der Waals surface area contributed by atoms with Crippen LogP contribution in [0.1, 0.15) is 125 Å². The van der Waals surface area contributed by atoms with E-state index in [9.17, 15) is 0 Å². The van der Waals surface area contributed by atoms with E-state index in [1.165, 1.54) is 83.5 Å². The molecule has 3 saturated carbocycles. The molecule has 8 unspecified atom stereocenters. The van der Waals surface area contributed by atoms with Gasteiger partial charge in [0.05, 0.1) is 0 Å². The smallest absolute Gasteiger partial charge is 0.00851 e. The molecule has 0 radical (unpaired) electrons. The Bertz CT molecular complexity index is 614. The number of fused-ring (bicyclic) bond motifs is 5. The molecule has 30 heavy (non-hydrogen) atoms. The highest BCUT2D eigenvalue weighted by atomic mass is 14.6. The monoisotopic (exact) mass is 412 g/mol. The summed E-state index contributed by atoms with van der Waals surface area (Å²) in [4.78, 5) is 0. The van der Waals surface area contributed by atoms with Crippen molar-refractivity contribution < 1.29 is 0 Å². The quantitative estimate of drug-likeness (QED) is 0.394. The van der Waals surface area contributed by atoms with Crippen LogP contribution in [0.3, 0.4) is 0 Å². The van der Waals surface area contributed by atoms with E-state index in [1.54, 1.807) is 0 Å². The minimum Gasteiger partial charge on any atom is -0.0845 e. The number of rotatable bonds is 5. The normalized spacial score (nSPS) is 45.0. The van der Waals surface area contributed by atoms with Gasteiger partial charge in [0.1, 0.15) is 0 Å². The third-order valence-corrected chi connectivity index (χ3v) is 11.0. The Labute approximate surface area is 189 Å². The first-order valence-corrected chi connectivity index (χ1v) is 13.9. The molecule has 4 aliphatic carbocycles. The highest BCUT2D eigenvalue weighted by molar-refractivity contribution is 5.24. The van der Waals surface area contributed by atoms with Gasteiger partial charge in [-0.25, -0.2) is 0 Å². The zero-order valence-electron chi connectivity index (χ0n) is 21.3. The molecule has 0 aromatic heterocycles. The number of hydrogen-bond donors (Lipinski definition) is 0. The van der Waals surface area contributed by atoms with Crippen molar-refractivity contribution >= 4 is 0 Å². The lowest BCUT2D eigenvalue weighted by Crippen LogP contribution is -2.52. The zero-order chi connectivity index (χ0) is 21.5. The predicted molar refractivity (Wildman–Crippen MR) is 131 cm³/mol. The van der Waals surface area contributed by atoms with Gasteiger partial charge in [-0.1, -0.05) is 85.3 Å². The van der Waals surface area contributed by atoms with Crippen LogP contribution in [0.25, 0.3) is 0 Å². The Morgan fingerprint density at radius 2 is 1.70 bits per heavy atom. The van der Waals surface area contributed by atoms with Gasteiger partial charge >= 0.3 is 0 Å². The van der Waals surface area contributed by atoms with E-state index in [0.29, 0.717) is 10.8 Å². The van der Waals surface area contributed by atoms with Crippen molar-refractivity contribution in [1.29, 1.82) is 0 Å². The van der Waals surface area contributed by atoms with E-state index in [1.807, 2.05) is 5.57 Å². The van der Waals surface area contributed by atoms with Crippen LogP contribution in [-0.2, 0) is 0 Å². The van der Waals surface area contributed by atoms with Crippen molar-refractivity contribution in [3.8, 4) is 0 Å². The molecule has 0 nitrogen and oxygen atoms in total. The van der Waals surface area contributed by atoms with Gasteiger partial charge in [-0.2, -0.15) is 0 Å². The molecule has 8 atom stereocenters. The van der Waals surface area contributed by atoms with Gasteiger partial charge in [0.2, 0.25) is 0 Å². The van der Waals surface area contributed by atoms with Gasteiger partial charge in [-0.3, -0.25) is 0 Å². The van der Waals surface area contributed by atoms with Crippen molar-refractivity contribution in [3.63, 3.8) is 0 Å². The topological polar surface area (TPSA) is 0 Å². The lowest BCUT2D eigenvalue weighted by molar-refractivity contribution is -0.0821. The molecule has 3 fully saturated rings. The summed E-state index contributed by atoms with van der Waals surface area (Å²) >= 11 is 0. The van der Waals surface area contributed by atoms with Crippen molar-refractivity contribution in [3.05, 3.63) is 11.6 Å². The molecule has 0 aromatic rings. The second-order valence-corrected chi connectivity index (χ2v) is 13.3. The summed E-state index contributed by atoms with van der Waals surface area (Å²) in [5, 5.41) is 0. The summed E-state index contributed by atoms with van der Waals surface area (Å²) in [7, 11) is 0. The fourth-order valence-corrected chi connectivity index (χ4v) is 9.24. The SMILES string of the molecule is CC(C)CCCC(C)C1CCCCC2C3CC=C4CC(C)CCC4(C)C3CCC12C. The van der Waals surface area contributed by atoms with Crippen LogP contribution >= 0.6 is 0 Å². The van der Waals surface area contributed by atoms with Gasteiger partial charge in [-0.15, -0.1) is 0 Å². The molecule has 0 aliphatic heterocycles. The average molecular weight is 413 g/mol. The first kappa shape index (κ1) is 22.9. The van der Waals surface area contributed by atoms with Crippen LogP contribution in [0.2, 0.25) is 0 Å². The molecule has 4 rings (SSSR count). The lowest BCUT2D eigenvalue weighted by Gasteiger charge is -2.60. The molecule has 172 valence electrons. The first-order chi connectivity index (χ1) is 14.3. The van der Waals surface area contributed by atoms with Crippen LogP contribution in [-0.4, -0.2) is 0 Å². The largest absolute Gasteiger partial charge is 0.0845 e. The second-order valence-electron chi connectivity index (χ2n) is 13.3. The summed E-state index contributed by atoms with van der Waals surface area (Å²) in [6.07, 6.45) is 22.0. The summed E-state index contributed by atoms with van der Waals surface area (Å²) in [6, 6.07) is 0. The van der Waals surface area contributed by atoms with Gasteiger partial charge < -0.3 is 0 Å². The molecule has 0 bridgehead atoms. The maximum atomic E-state index is 2.77. The third-order valence-electron chi connectivity index (χ3n) is 11.0. The van der Waals surface area contributed by atoms with Crippen LogP contribution in [0.5, 0.6) is 0 Å². The van der Waals surface area contributed by atoms with Crippen molar-refractivity contribution in [1.82, 2.24) is 0 Å². The Balaban J connectivity index is 1.55. The van der Waals surface area contributed by atoms with Crippen molar-refractivity contribution in [2.45, 2.75) is 125 Å². The molecule has 4 aliphatic rings. The molecule has 0 amide bonds. The summed E-state index contributed by atoms with van der Waals surface area (Å²) < 4.78 is 0. The summed E-state index contributed by atoms with van der Waals surface area (Å²) in [5.74, 6) is 6.64. The van der Waals surface area contributed by atoms with E-state index >= 15 is 0 Å². The molecular formula is C30H52. The fourth-order valence-electron chi connectivity index (χ4n) is 9.24. The minimum atomic E-state index is 0.543.